The normalized spacial score (nSPS) is 12.3. The molecule has 0 atom stereocenters. The van der Waals surface area contributed by atoms with Gasteiger partial charge in [0.15, 0.2) is 5.75 Å². The number of hydrogen-bond donors (Lipinski definition) is 0. The number of alkyl halides is 3. The van der Waals surface area contributed by atoms with Crippen molar-refractivity contribution < 1.29 is 30.2 Å². The van der Waals surface area contributed by atoms with E-state index in [-0.39, 0.29) is 10.9 Å². The van der Waals surface area contributed by atoms with Crippen molar-refractivity contribution in [2.45, 2.75) is 5.51 Å². The number of fused-ring (bicyclic) bond motifs is 1. The van der Waals surface area contributed by atoms with Gasteiger partial charge >= 0.3 is 15.6 Å². The second-order valence-electron chi connectivity index (χ2n) is 5.15. The second kappa shape index (κ2) is 6.03. The van der Waals surface area contributed by atoms with E-state index in [2.05, 4.69) is 4.18 Å². The SMILES string of the molecule is O=S(=O)(Oc1c(-c2ccc(F)cc2)ccc2ccccc12)C(F)(F)F. The van der Waals surface area contributed by atoms with Crippen molar-refractivity contribution in [3.05, 3.63) is 66.5 Å². The third-order valence-electron chi connectivity index (χ3n) is 3.51. The molecule has 0 saturated heterocycles. The molecule has 0 aromatic heterocycles. The van der Waals surface area contributed by atoms with Crippen LogP contribution >= 0.6 is 0 Å². The Labute approximate surface area is 140 Å². The molecule has 0 amide bonds. The minimum atomic E-state index is -5.85. The number of hydrogen-bond acceptors (Lipinski definition) is 3. The van der Waals surface area contributed by atoms with Gasteiger partial charge in [-0.15, -0.1) is 0 Å². The summed E-state index contributed by atoms with van der Waals surface area (Å²) in [6.45, 7) is 0. The summed E-state index contributed by atoms with van der Waals surface area (Å²) in [6.07, 6.45) is 0. The molecule has 0 aliphatic heterocycles. The van der Waals surface area contributed by atoms with Crippen molar-refractivity contribution in [1.29, 1.82) is 0 Å². The molecule has 25 heavy (non-hydrogen) atoms. The molecule has 0 radical (unpaired) electrons. The van der Waals surface area contributed by atoms with E-state index >= 15 is 0 Å². The summed E-state index contributed by atoms with van der Waals surface area (Å²) < 4.78 is 78.8. The number of rotatable bonds is 3. The highest BCUT2D eigenvalue weighted by Crippen LogP contribution is 2.39. The maximum atomic E-state index is 13.1. The van der Waals surface area contributed by atoms with Gasteiger partial charge in [0.1, 0.15) is 5.82 Å². The Bertz CT molecular complexity index is 1030. The van der Waals surface area contributed by atoms with Crippen molar-refractivity contribution in [1.82, 2.24) is 0 Å². The maximum Gasteiger partial charge on any atom is 0.534 e. The van der Waals surface area contributed by atoms with Crippen molar-refractivity contribution >= 4 is 20.9 Å². The minimum Gasteiger partial charge on any atom is -0.375 e. The molecule has 0 aliphatic rings. The van der Waals surface area contributed by atoms with Gasteiger partial charge in [-0.2, -0.15) is 21.6 Å². The molecule has 3 rings (SSSR count). The van der Waals surface area contributed by atoms with E-state index in [1.54, 1.807) is 24.3 Å². The molecule has 8 heteroatoms. The van der Waals surface area contributed by atoms with Crippen LogP contribution in [0, 0.1) is 5.82 Å². The van der Waals surface area contributed by atoms with Crippen molar-refractivity contribution in [2.24, 2.45) is 0 Å². The Morgan fingerprint density at radius 3 is 2.12 bits per heavy atom. The highest BCUT2D eigenvalue weighted by Gasteiger charge is 2.49. The maximum absolute atomic E-state index is 13.1. The van der Waals surface area contributed by atoms with Crippen LogP contribution in [-0.4, -0.2) is 13.9 Å². The Morgan fingerprint density at radius 2 is 1.48 bits per heavy atom. The van der Waals surface area contributed by atoms with Gasteiger partial charge in [0, 0.05) is 10.9 Å². The highest BCUT2D eigenvalue weighted by molar-refractivity contribution is 7.88. The lowest BCUT2D eigenvalue weighted by Gasteiger charge is -2.15. The molecule has 0 aliphatic carbocycles. The van der Waals surface area contributed by atoms with Crippen LogP contribution < -0.4 is 4.18 Å². The van der Waals surface area contributed by atoms with Crippen molar-refractivity contribution in [3.63, 3.8) is 0 Å². The summed E-state index contributed by atoms with van der Waals surface area (Å²) in [7, 11) is -5.85. The molecule has 3 aromatic rings. The van der Waals surface area contributed by atoms with E-state index in [0.29, 0.717) is 10.9 Å². The quantitative estimate of drug-likeness (QED) is 0.375. The highest BCUT2D eigenvalue weighted by atomic mass is 32.2. The van der Waals surface area contributed by atoms with Crippen LogP contribution in [0.5, 0.6) is 5.75 Å². The Balaban J connectivity index is 2.26. The van der Waals surface area contributed by atoms with Gasteiger partial charge in [0.05, 0.1) is 0 Å². The average molecular weight is 370 g/mol. The molecule has 0 fully saturated rings. The third kappa shape index (κ3) is 3.30. The molecule has 3 aromatic carbocycles. The zero-order valence-electron chi connectivity index (χ0n) is 12.4. The summed E-state index contributed by atoms with van der Waals surface area (Å²) in [4.78, 5) is 0. The molecule has 0 spiro atoms. The Hall–Kier alpha value is -2.61. The molecule has 0 unspecified atom stereocenters. The molecule has 0 N–H and O–H groups in total. The van der Waals surface area contributed by atoms with Crippen LogP contribution in [-0.2, 0) is 10.1 Å². The molecule has 3 nitrogen and oxygen atoms in total. The summed E-state index contributed by atoms with van der Waals surface area (Å²) in [5, 5.41) is 0.692. The van der Waals surface area contributed by atoms with E-state index in [0.717, 1.165) is 12.1 Å². The van der Waals surface area contributed by atoms with E-state index in [1.165, 1.54) is 24.3 Å². The molecule has 130 valence electrons. The smallest absolute Gasteiger partial charge is 0.375 e. The van der Waals surface area contributed by atoms with Crippen molar-refractivity contribution in [3.8, 4) is 16.9 Å². The van der Waals surface area contributed by atoms with Gasteiger partial charge in [0.2, 0.25) is 0 Å². The molecular weight excluding hydrogens is 360 g/mol. The van der Waals surface area contributed by atoms with Crippen LogP contribution in [0.2, 0.25) is 0 Å². The van der Waals surface area contributed by atoms with E-state index in [9.17, 15) is 26.0 Å². The fraction of sp³-hybridized carbons (Fsp3) is 0.0588. The molecular formula is C17H10F4O3S. The molecule has 0 saturated carbocycles. The monoisotopic (exact) mass is 370 g/mol. The predicted octanol–water partition coefficient (Wildman–Crippen LogP) is 4.87. The van der Waals surface area contributed by atoms with E-state index in [4.69, 9.17) is 0 Å². The van der Waals surface area contributed by atoms with Crippen molar-refractivity contribution in [2.75, 3.05) is 0 Å². The van der Waals surface area contributed by atoms with Crippen LogP contribution in [0.1, 0.15) is 0 Å². The zero-order chi connectivity index (χ0) is 18.2. The first-order chi connectivity index (χ1) is 11.7. The lowest BCUT2D eigenvalue weighted by molar-refractivity contribution is -0.0499. The van der Waals surface area contributed by atoms with E-state index in [1.807, 2.05) is 0 Å². The van der Waals surface area contributed by atoms with Crippen LogP contribution in [0.15, 0.2) is 60.7 Å². The standard InChI is InChI=1S/C17H10F4O3S/c18-13-8-5-12(6-9-13)15-10-7-11-3-1-2-4-14(11)16(15)24-25(22,23)17(19,20)21/h1-10H. The number of halogens is 4. The first-order valence-electron chi connectivity index (χ1n) is 6.97. The van der Waals surface area contributed by atoms with Crippen LogP contribution in [0.25, 0.3) is 21.9 Å². The van der Waals surface area contributed by atoms with Gasteiger partial charge in [-0.1, -0.05) is 42.5 Å². The first kappa shape index (κ1) is 17.2. The minimum absolute atomic E-state index is 0.103. The molecule has 0 heterocycles. The molecule has 0 bridgehead atoms. The summed E-state index contributed by atoms with van der Waals surface area (Å²) in [5.74, 6) is -0.989. The average Bonchev–Trinajstić information content (AvgIpc) is 2.55. The summed E-state index contributed by atoms with van der Waals surface area (Å²) in [5.41, 5.74) is -5.14. The number of benzene rings is 3. The van der Waals surface area contributed by atoms with E-state index < -0.39 is 27.2 Å². The van der Waals surface area contributed by atoms with Crippen LogP contribution in [0.4, 0.5) is 17.6 Å². The first-order valence-corrected chi connectivity index (χ1v) is 8.38. The van der Waals surface area contributed by atoms with Gasteiger partial charge in [-0.05, 0) is 29.1 Å². The summed E-state index contributed by atoms with van der Waals surface area (Å²) in [6, 6.07) is 14.2. The largest absolute Gasteiger partial charge is 0.534 e. The third-order valence-corrected chi connectivity index (χ3v) is 4.46. The fourth-order valence-electron chi connectivity index (χ4n) is 2.35. The fourth-order valence-corrected chi connectivity index (χ4v) is 2.84. The van der Waals surface area contributed by atoms with Crippen LogP contribution in [0.3, 0.4) is 0 Å². The lowest BCUT2D eigenvalue weighted by Crippen LogP contribution is -2.28. The summed E-state index contributed by atoms with van der Waals surface area (Å²) >= 11 is 0. The Morgan fingerprint density at radius 1 is 0.840 bits per heavy atom. The van der Waals surface area contributed by atoms with Gasteiger partial charge in [-0.25, -0.2) is 4.39 Å². The predicted molar refractivity (Wildman–Crippen MR) is 84.9 cm³/mol. The Kier molecular flexibility index (Phi) is 4.16. The topological polar surface area (TPSA) is 43.4 Å². The van der Waals surface area contributed by atoms with Gasteiger partial charge in [-0.3, -0.25) is 0 Å². The second-order valence-corrected chi connectivity index (χ2v) is 6.69. The van der Waals surface area contributed by atoms with Gasteiger partial charge in [0.25, 0.3) is 0 Å². The lowest BCUT2D eigenvalue weighted by atomic mass is 10.00. The van der Waals surface area contributed by atoms with Gasteiger partial charge < -0.3 is 4.18 Å². The zero-order valence-corrected chi connectivity index (χ0v) is 13.2.